The van der Waals surface area contributed by atoms with Gasteiger partial charge in [0.25, 0.3) is 0 Å². The number of fused-ring (bicyclic) bond motifs is 1. The van der Waals surface area contributed by atoms with Gasteiger partial charge in [0.2, 0.25) is 5.88 Å². The summed E-state index contributed by atoms with van der Waals surface area (Å²) in [5.41, 5.74) is 3.79. The first-order chi connectivity index (χ1) is 11.7. The highest BCUT2D eigenvalue weighted by molar-refractivity contribution is 5.80. The second-order valence-corrected chi connectivity index (χ2v) is 6.29. The fourth-order valence-electron chi connectivity index (χ4n) is 3.24. The van der Waals surface area contributed by atoms with E-state index < -0.39 is 6.10 Å². The van der Waals surface area contributed by atoms with Gasteiger partial charge in [-0.25, -0.2) is 4.98 Å². The van der Waals surface area contributed by atoms with Crippen molar-refractivity contribution in [1.82, 2.24) is 4.98 Å². The first-order valence-electron chi connectivity index (χ1n) is 8.13. The maximum Gasteiger partial charge on any atom is 0.214 e. The van der Waals surface area contributed by atoms with E-state index in [-0.39, 0.29) is 11.8 Å². The number of rotatable bonds is 3. The number of aromatic hydroxyl groups is 1. The molecule has 0 aliphatic carbocycles. The molecule has 1 saturated heterocycles. The number of nitrogens with zero attached hydrogens (tertiary/aromatic N) is 1. The zero-order valence-electron chi connectivity index (χ0n) is 13.2. The molecule has 1 fully saturated rings. The molecule has 1 aromatic heterocycles. The van der Waals surface area contributed by atoms with E-state index >= 15 is 0 Å². The van der Waals surface area contributed by atoms with Crippen LogP contribution in [0.15, 0.2) is 54.6 Å². The molecule has 122 valence electrons. The molecule has 0 amide bonds. The number of ether oxygens (including phenoxy) is 1. The van der Waals surface area contributed by atoms with E-state index in [1.54, 1.807) is 0 Å². The molecule has 0 spiro atoms. The van der Waals surface area contributed by atoms with Gasteiger partial charge in [-0.05, 0) is 23.3 Å². The molecule has 4 heteroatoms. The summed E-state index contributed by atoms with van der Waals surface area (Å²) >= 11 is 0. The van der Waals surface area contributed by atoms with E-state index in [1.165, 1.54) is 0 Å². The van der Waals surface area contributed by atoms with Crippen LogP contribution < -0.4 is 0 Å². The average molecular weight is 321 g/mol. The Kier molecular flexibility index (Phi) is 3.92. The molecule has 24 heavy (non-hydrogen) atoms. The summed E-state index contributed by atoms with van der Waals surface area (Å²) in [4.78, 5) is 4.27. The fraction of sp³-hybridized carbons (Fsp3) is 0.250. The Bertz CT molecular complexity index is 860. The Morgan fingerprint density at radius 1 is 1.04 bits per heavy atom. The first-order valence-corrected chi connectivity index (χ1v) is 8.13. The third-order valence-corrected chi connectivity index (χ3v) is 4.63. The van der Waals surface area contributed by atoms with Crippen molar-refractivity contribution in [2.24, 2.45) is 0 Å². The molecule has 2 unspecified atom stereocenters. The lowest BCUT2D eigenvalue weighted by Gasteiger charge is -2.13. The molecule has 1 aliphatic heterocycles. The van der Waals surface area contributed by atoms with E-state index in [9.17, 15) is 10.2 Å². The van der Waals surface area contributed by atoms with Crippen LogP contribution >= 0.6 is 0 Å². The van der Waals surface area contributed by atoms with Crippen LogP contribution in [0.5, 0.6) is 5.88 Å². The minimum absolute atomic E-state index is 0.0507. The predicted octanol–water partition coefficient (Wildman–Crippen LogP) is 3.01. The number of aliphatic hydroxyl groups is 1. The molecule has 0 radical (unpaired) electrons. The van der Waals surface area contributed by atoms with Gasteiger partial charge in [0.05, 0.1) is 24.8 Å². The van der Waals surface area contributed by atoms with E-state index in [0.717, 1.165) is 27.6 Å². The van der Waals surface area contributed by atoms with Gasteiger partial charge in [0.15, 0.2) is 0 Å². The van der Waals surface area contributed by atoms with Crippen LogP contribution in [0.1, 0.15) is 22.6 Å². The molecule has 0 bridgehead atoms. The topological polar surface area (TPSA) is 62.6 Å². The van der Waals surface area contributed by atoms with Crippen molar-refractivity contribution in [1.29, 1.82) is 0 Å². The Morgan fingerprint density at radius 3 is 2.58 bits per heavy atom. The molecular formula is C20H19NO3. The van der Waals surface area contributed by atoms with Crippen LogP contribution in [0.25, 0.3) is 10.9 Å². The number of aliphatic hydroxyl groups excluding tert-OH is 1. The van der Waals surface area contributed by atoms with Crippen molar-refractivity contribution in [2.45, 2.75) is 18.4 Å². The quantitative estimate of drug-likeness (QED) is 0.778. The number of pyridine rings is 1. The van der Waals surface area contributed by atoms with Crippen LogP contribution in [-0.2, 0) is 11.2 Å². The van der Waals surface area contributed by atoms with Crippen LogP contribution in [0, 0.1) is 0 Å². The molecule has 2 atom stereocenters. The number of aromatic nitrogens is 1. The molecular weight excluding hydrogens is 302 g/mol. The Balaban J connectivity index is 1.58. The second kappa shape index (κ2) is 6.23. The van der Waals surface area contributed by atoms with Gasteiger partial charge in [0.1, 0.15) is 0 Å². The van der Waals surface area contributed by atoms with Gasteiger partial charge in [-0.15, -0.1) is 0 Å². The molecule has 2 aromatic carbocycles. The van der Waals surface area contributed by atoms with Crippen molar-refractivity contribution in [3.8, 4) is 5.88 Å². The molecule has 3 aromatic rings. The molecule has 0 saturated carbocycles. The summed E-state index contributed by atoms with van der Waals surface area (Å²) in [6.45, 7) is 0.971. The van der Waals surface area contributed by atoms with Crippen molar-refractivity contribution in [2.75, 3.05) is 13.2 Å². The molecule has 2 heterocycles. The number of hydrogen-bond acceptors (Lipinski definition) is 4. The van der Waals surface area contributed by atoms with Gasteiger partial charge < -0.3 is 14.9 Å². The van der Waals surface area contributed by atoms with Crippen LogP contribution in [0.3, 0.4) is 0 Å². The summed E-state index contributed by atoms with van der Waals surface area (Å²) in [7, 11) is 0. The van der Waals surface area contributed by atoms with Crippen molar-refractivity contribution < 1.29 is 14.9 Å². The minimum atomic E-state index is -0.426. The van der Waals surface area contributed by atoms with Crippen molar-refractivity contribution in [3.63, 3.8) is 0 Å². The van der Waals surface area contributed by atoms with Crippen molar-refractivity contribution in [3.05, 3.63) is 71.3 Å². The average Bonchev–Trinajstić information content (AvgIpc) is 3.02. The van der Waals surface area contributed by atoms with Crippen molar-refractivity contribution >= 4 is 10.9 Å². The normalized spacial score (nSPS) is 20.5. The van der Waals surface area contributed by atoms with Crippen LogP contribution in [0.2, 0.25) is 0 Å². The number of hydrogen-bond donors (Lipinski definition) is 2. The third kappa shape index (κ3) is 2.86. The first kappa shape index (κ1) is 15.1. The summed E-state index contributed by atoms with van der Waals surface area (Å²) in [6.07, 6.45) is 0.192. The maximum absolute atomic E-state index is 10.2. The highest BCUT2D eigenvalue weighted by atomic mass is 16.5. The highest BCUT2D eigenvalue weighted by Crippen LogP contribution is 2.27. The Hall–Kier alpha value is -2.43. The van der Waals surface area contributed by atoms with E-state index in [1.807, 2.05) is 54.6 Å². The minimum Gasteiger partial charge on any atom is -0.493 e. The summed E-state index contributed by atoms with van der Waals surface area (Å²) in [6, 6.07) is 17.9. The van der Waals surface area contributed by atoms with E-state index in [0.29, 0.717) is 19.6 Å². The summed E-state index contributed by atoms with van der Waals surface area (Å²) < 4.78 is 5.31. The maximum atomic E-state index is 10.2. The Morgan fingerprint density at radius 2 is 1.83 bits per heavy atom. The lowest BCUT2D eigenvalue weighted by atomic mass is 9.94. The monoisotopic (exact) mass is 321 g/mol. The second-order valence-electron chi connectivity index (χ2n) is 6.29. The molecule has 1 aliphatic rings. The van der Waals surface area contributed by atoms with Crippen LogP contribution in [-0.4, -0.2) is 34.5 Å². The molecule has 4 nitrogen and oxygen atoms in total. The lowest BCUT2D eigenvalue weighted by molar-refractivity contribution is 0.124. The standard InChI is InChI=1S/C20H19NO3/c22-19-12-24-11-17(19)14-7-5-13(6-8-14)9-16-10-15-3-1-2-4-18(15)21-20(16)23/h1-8,10,17,19,22H,9,11-12H2,(H,21,23). The third-order valence-electron chi connectivity index (χ3n) is 4.63. The zero-order valence-corrected chi connectivity index (χ0v) is 13.2. The lowest BCUT2D eigenvalue weighted by Crippen LogP contribution is -2.15. The van der Waals surface area contributed by atoms with E-state index in [2.05, 4.69) is 4.98 Å². The van der Waals surface area contributed by atoms with E-state index in [4.69, 9.17) is 4.74 Å². The fourth-order valence-corrected chi connectivity index (χ4v) is 3.24. The molecule has 4 rings (SSSR count). The predicted molar refractivity (Wildman–Crippen MR) is 92.2 cm³/mol. The molecule has 2 N–H and O–H groups in total. The highest BCUT2D eigenvalue weighted by Gasteiger charge is 2.27. The van der Waals surface area contributed by atoms with Gasteiger partial charge in [-0.2, -0.15) is 0 Å². The van der Waals surface area contributed by atoms with Gasteiger partial charge >= 0.3 is 0 Å². The summed E-state index contributed by atoms with van der Waals surface area (Å²) in [5.74, 6) is 0.132. The van der Waals surface area contributed by atoms with Crippen LogP contribution in [0.4, 0.5) is 0 Å². The largest absolute Gasteiger partial charge is 0.493 e. The van der Waals surface area contributed by atoms with Gasteiger partial charge in [0, 0.05) is 23.3 Å². The number of para-hydroxylation sites is 1. The number of benzene rings is 2. The summed E-state index contributed by atoms with van der Waals surface area (Å²) in [5, 5.41) is 21.1. The van der Waals surface area contributed by atoms with Gasteiger partial charge in [-0.3, -0.25) is 0 Å². The van der Waals surface area contributed by atoms with Gasteiger partial charge in [-0.1, -0.05) is 42.5 Å². The smallest absolute Gasteiger partial charge is 0.214 e. The zero-order chi connectivity index (χ0) is 16.5. The Labute approximate surface area is 140 Å². The SMILES string of the molecule is Oc1nc2ccccc2cc1Cc1ccc(C2COCC2O)cc1.